The van der Waals surface area contributed by atoms with Crippen molar-refractivity contribution < 1.29 is 32.3 Å². The number of hydrogen-bond acceptors (Lipinski definition) is 10. The number of rotatable bonds is 12. The maximum absolute atomic E-state index is 13.5. The van der Waals surface area contributed by atoms with Crippen LogP contribution in [0.4, 0.5) is 8.78 Å². The Morgan fingerprint density at radius 1 is 0.982 bits per heavy atom. The van der Waals surface area contributed by atoms with Crippen LogP contribution in [0, 0.1) is 30.6 Å². The van der Waals surface area contributed by atoms with Crippen molar-refractivity contribution in [3.05, 3.63) is 88.5 Å². The number of benzene rings is 4. The summed E-state index contributed by atoms with van der Waals surface area (Å²) in [5.74, 6) is -0.288. The molecule has 6 aromatic rings. The summed E-state index contributed by atoms with van der Waals surface area (Å²) in [6.45, 7) is 7.61. The number of carboxylic acid groups (broad SMARTS) is 1. The van der Waals surface area contributed by atoms with Gasteiger partial charge in [0.15, 0.2) is 11.2 Å². The number of oxazole rings is 2. The molecule has 0 aliphatic carbocycles. The predicted molar refractivity (Wildman–Crippen MR) is 212 cm³/mol. The van der Waals surface area contributed by atoms with Gasteiger partial charge in [-0.2, -0.15) is 14.0 Å². The van der Waals surface area contributed by atoms with Gasteiger partial charge in [-0.15, -0.1) is 0 Å². The smallest absolute Gasteiger partial charge is 0.387 e. The summed E-state index contributed by atoms with van der Waals surface area (Å²) in [6.07, 6.45) is 1.19. The van der Waals surface area contributed by atoms with Crippen LogP contribution in [0.1, 0.15) is 47.6 Å². The minimum Gasteiger partial charge on any atom is -0.480 e. The number of nitrogens with zero attached hydrogens (tertiary/aromatic N) is 6. The summed E-state index contributed by atoms with van der Waals surface area (Å²) in [6, 6.07) is 20.3. The van der Waals surface area contributed by atoms with Crippen LogP contribution < -0.4 is 4.74 Å². The fraction of sp³-hybridized carbons (Fsp3) is 0.364. The second-order valence-electron chi connectivity index (χ2n) is 16.1. The van der Waals surface area contributed by atoms with Crippen molar-refractivity contribution in [3.63, 3.8) is 0 Å². The number of carboxylic acids is 1. The van der Waals surface area contributed by atoms with Gasteiger partial charge in [-0.1, -0.05) is 31.2 Å². The van der Waals surface area contributed by atoms with E-state index in [9.17, 15) is 23.9 Å². The lowest BCUT2D eigenvalue weighted by Gasteiger charge is -2.49. The molecule has 2 fully saturated rings. The Labute approximate surface area is 329 Å². The minimum atomic E-state index is -3.07. The van der Waals surface area contributed by atoms with Crippen LogP contribution in [0.2, 0.25) is 0 Å². The van der Waals surface area contributed by atoms with E-state index >= 15 is 0 Å². The summed E-state index contributed by atoms with van der Waals surface area (Å²) in [7, 11) is 4.20. The van der Waals surface area contributed by atoms with E-state index in [1.807, 2.05) is 62.4 Å². The fourth-order valence-corrected chi connectivity index (χ4v) is 8.92. The van der Waals surface area contributed by atoms with E-state index in [1.54, 1.807) is 11.0 Å². The monoisotopic (exact) mass is 774 g/mol. The molecule has 11 nitrogen and oxygen atoms in total. The molecule has 2 saturated heterocycles. The van der Waals surface area contributed by atoms with E-state index in [2.05, 4.69) is 36.9 Å². The zero-order chi connectivity index (χ0) is 40.2. The van der Waals surface area contributed by atoms with Gasteiger partial charge in [-0.3, -0.25) is 14.6 Å². The number of ether oxygens (including phenoxy) is 1. The second-order valence-corrected chi connectivity index (χ2v) is 16.1. The third-order valence-electron chi connectivity index (χ3n) is 11.2. The predicted octanol–water partition coefficient (Wildman–Crippen LogP) is 8.49. The van der Waals surface area contributed by atoms with Crippen molar-refractivity contribution in [1.82, 2.24) is 24.7 Å². The van der Waals surface area contributed by atoms with Crippen molar-refractivity contribution in [2.24, 2.45) is 5.41 Å². The highest BCUT2D eigenvalue weighted by Gasteiger charge is 2.39. The molecule has 0 spiro atoms. The first-order chi connectivity index (χ1) is 27.3. The van der Waals surface area contributed by atoms with Crippen molar-refractivity contribution in [3.8, 4) is 45.9 Å². The molecule has 4 heterocycles. The van der Waals surface area contributed by atoms with Gasteiger partial charge in [-0.05, 0) is 105 Å². The molecule has 8 rings (SSSR count). The maximum atomic E-state index is 13.5. The third-order valence-corrected chi connectivity index (χ3v) is 11.2. The first kappa shape index (κ1) is 38.2. The van der Waals surface area contributed by atoms with E-state index in [1.165, 1.54) is 6.07 Å². The molecule has 1 atom stereocenters. The standard InChI is InChI=1S/C44H44F2N6O5/c1-25-30(9-6-11-32(25)40-48-34-17-29(21-52-14-8-13-36(52)42(53)54)37(56-43(45)46)18-38(34)55-40)31-10-7-12-33(26(31)2)41-49-35-16-27(15-28(19-47)39(35)57-41)20-51-23-44(3,24-51)22-50(4)5/h6-7,9-12,15-18,36,43H,8,13-14,20-24H2,1-5H3,(H,53,54)/t36-/m0/s1. The summed E-state index contributed by atoms with van der Waals surface area (Å²) in [5, 5.41) is 19.8. The molecule has 0 unspecified atom stereocenters. The number of nitriles is 1. The van der Waals surface area contributed by atoms with Gasteiger partial charge >= 0.3 is 12.6 Å². The molecular formula is C44H44F2N6O5. The molecule has 0 amide bonds. The molecule has 57 heavy (non-hydrogen) atoms. The third kappa shape index (κ3) is 7.48. The fourth-order valence-electron chi connectivity index (χ4n) is 8.92. The SMILES string of the molecule is Cc1c(-c2nc3cc(CN4CCC[C@H]4C(=O)O)c(OC(F)F)cc3o2)cccc1-c1cccc(-c2nc3cc(CN4CC(C)(CN(C)C)C4)cc(C#N)c3o2)c1C. The summed E-state index contributed by atoms with van der Waals surface area (Å²) >= 11 is 0. The van der Waals surface area contributed by atoms with Crippen LogP contribution in [0.25, 0.3) is 56.2 Å². The molecule has 0 radical (unpaired) electrons. The van der Waals surface area contributed by atoms with Gasteiger partial charge in [-0.25, -0.2) is 9.97 Å². The largest absolute Gasteiger partial charge is 0.480 e. The van der Waals surface area contributed by atoms with Crippen molar-refractivity contribution in [2.45, 2.75) is 59.4 Å². The molecular weight excluding hydrogens is 731 g/mol. The first-order valence-corrected chi connectivity index (χ1v) is 19.1. The number of alkyl halides is 2. The first-order valence-electron chi connectivity index (χ1n) is 19.1. The van der Waals surface area contributed by atoms with E-state index in [0.29, 0.717) is 64.5 Å². The lowest BCUT2D eigenvalue weighted by atomic mass is 9.81. The Kier molecular flexibility index (Phi) is 10.1. The quantitative estimate of drug-likeness (QED) is 0.128. The van der Waals surface area contributed by atoms with Gasteiger partial charge in [0.1, 0.15) is 28.9 Å². The number of fused-ring (bicyclic) bond motifs is 2. The molecule has 4 aromatic carbocycles. The summed E-state index contributed by atoms with van der Waals surface area (Å²) < 4.78 is 44.4. The number of likely N-dealkylation sites (tertiary alicyclic amines) is 2. The molecule has 13 heteroatoms. The number of hydrogen-bond donors (Lipinski definition) is 1. The summed E-state index contributed by atoms with van der Waals surface area (Å²) in [5.41, 5.74) is 9.15. The van der Waals surface area contributed by atoms with Crippen molar-refractivity contribution >= 4 is 28.2 Å². The van der Waals surface area contributed by atoms with E-state index in [-0.39, 0.29) is 23.3 Å². The molecule has 0 bridgehead atoms. The van der Waals surface area contributed by atoms with Crippen LogP contribution in [0.15, 0.2) is 69.5 Å². The molecule has 294 valence electrons. The molecule has 2 aliphatic rings. The highest BCUT2D eigenvalue weighted by Crippen LogP contribution is 2.40. The molecule has 0 saturated carbocycles. The van der Waals surface area contributed by atoms with Crippen LogP contribution >= 0.6 is 0 Å². The summed E-state index contributed by atoms with van der Waals surface area (Å²) in [4.78, 5) is 27.9. The van der Waals surface area contributed by atoms with Gasteiger partial charge in [0.2, 0.25) is 11.8 Å². The van der Waals surface area contributed by atoms with Crippen molar-refractivity contribution in [2.75, 3.05) is 40.3 Å². The second kappa shape index (κ2) is 15.0. The molecule has 2 aliphatic heterocycles. The Hall–Kier alpha value is -5.68. The molecule has 2 aromatic heterocycles. The van der Waals surface area contributed by atoms with Crippen LogP contribution in [-0.2, 0) is 17.9 Å². The minimum absolute atomic E-state index is 0.0780. The lowest BCUT2D eigenvalue weighted by Crippen LogP contribution is -2.57. The Balaban J connectivity index is 1.09. The lowest BCUT2D eigenvalue weighted by molar-refractivity contribution is -0.142. The topological polar surface area (TPSA) is 132 Å². The van der Waals surface area contributed by atoms with Gasteiger partial charge in [0.25, 0.3) is 0 Å². The van der Waals surface area contributed by atoms with E-state index in [4.69, 9.17) is 23.5 Å². The van der Waals surface area contributed by atoms with E-state index < -0.39 is 18.6 Å². The van der Waals surface area contributed by atoms with E-state index in [0.717, 1.165) is 59.6 Å². The average molecular weight is 775 g/mol. The highest BCUT2D eigenvalue weighted by atomic mass is 19.3. The zero-order valence-electron chi connectivity index (χ0n) is 32.6. The zero-order valence-corrected chi connectivity index (χ0v) is 32.6. The number of halogens is 2. The van der Waals surface area contributed by atoms with Gasteiger partial charge < -0.3 is 23.6 Å². The number of carbonyl (C=O) groups is 1. The van der Waals surface area contributed by atoms with Crippen LogP contribution in [-0.4, -0.2) is 88.7 Å². The maximum Gasteiger partial charge on any atom is 0.387 e. The van der Waals surface area contributed by atoms with Gasteiger partial charge in [0.05, 0.1) is 5.56 Å². The van der Waals surface area contributed by atoms with Crippen LogP contribution in [0.5, 0.6) is 5.75 Å². The van der Waals surface area contributed by atoms with Crippen molar-refractivity contribution in [1.29, 1.82) is 5.26 Å². The Bertz CT molecular complexity index is 2550. The Morgan fingerprint density at radius 3 is 2.26 bits per heavy atom. The number of aromatic nitrogens is 2. The average Bonchev–Trinajstić information content (AvgIpc) is 3.89. The number of aliphatic carboxylic acids is 1. The normalized spacial score (nSPS) is 17.2. The van der Waals surface area contributed by atoms with Gasteiger partial charge in [0, 0.05) is 60.9 Å². The van der Waals surface area contributed by atoms with Crippen LogP contribution in [0.3, 0.4) is 0 Å². The Morgan fingerprint density at radius 2 is 1.63 bits per heavy atom. The highest BCUT2D eigenvalue weighted by molar-refractivity contribution is 5.86. The molecule has 1 N–H and O–H groups in total.